The van der Waals surface area contributed by atoms with Crippen LogP contribution in [0.1, 0.15) is 42.9 Å². The van der Waals surface area contributed by atoms with Gasteiger partial charge in [0.05, 0.1) is 17.6 Å². The van der Waals surface area contributed by atoms with Gasteiger partial charge in [0, 0.05) is 0 Å². The van der Waals surface area contributed by atoms with Crippen LogP contribution in [0.15, 0.2) is 18.2 Å². The Labute approximate surface area is 112 Å². The molecule has 4 unspecified atom stereocenters. The second kappa shape index (κ2) is 4.31. The highest BCUT2D eigenvalue weighted by Crippen LogP contribution is 2.60. The molecule has 19 heavy (non-hydrogen) atoms. The van der Waals surface area contributed by atoms with Crippen molar-refractivity contribution in [2.75, 3.05) is 0 Å². The number of aryl methyl sites for hydroxylation is 1. The zero-order valence-electron chi connectivity index (χ0n) is 11.1. The largest absolute Gasteiger partial charge is 0.387 e. The Bertz CT molecular complexity index is 550. The lowest BCUT2D eigenvalue weighted by atomic mass is 9.68. The molecule has 0 amide bonds. The second-order valence-electron chi connectivity index (χ2n) is 6.14. The first kappa shape index (κ1) is 12.6. The maximum absolute atomic E-state index is 13.4. The van der Waals surface area contributed by atoms with Gasteiger partial charge in [0.2, 0.25) is 0 Å². The Balaban J connectivity index is 2.01. The Hall–Kier alpha value is -1.40. The lowest BCUT2D eigenvalue weighted by molar-refractivity contribution is 0.0227. The zero-order chi connectivity index (χ0) is 13.6. The Morgan fingerprint density at radius 1 is 1.47 bits per heavy atom. The van der Waals surface area contributed by atoms with E-state index in [-0.39, 0.29) is 11.7 Å². The fraction of sp³-hybridized carbons (Fsp3) is 0.562. The molecule has 2 aliphatic carbocycles. The maximum atomic E-state index is 13.4. The van der Waals surface area contributed by atoms with E-state index in [4.69, 9.17) is 0 Å². The number of aliphatic hydroxyl groups excluding tert-OH is 1. The molecule has 2 nitrogen and oxygen atoms in total. The van der Waals surface area contributed by atoms with Gasteiger partial charge in [0.15, 0.2) is 0 Å². The van der Waals surface area contributed by atoms with E-state index in [9.17, 15) is 14.8 Å². The molecule has 0 aliphatic heterocycles. The van der Waals surface area contributed by atoms with Gasteiger partial charge in [-0.15, -0.1) is 0 Å². The molecule has 0 radical (unpaired) electrons. The van der Waals surface area contributed by atoms with Gasteiger partial charge >= 0.3 is 0 Å². The second-order valence-corrected chi connectivity index (χ2v) is 6.14. The molecule has 2 saturated carbocycles. The van der Waals surface area contributed by atoms with E-state index in [0.29, 0.717) is 11.5 Å². The highest BCUT2D eigenvalue weighted by atomic mass is 19.1. The van der Waals surface area contributed by atoms with Crippen molar-refractivity contribution in [2.45, 2.75) is 38.7 Å². The van der Waals surface area contributed by atoms with Crippen molar-refractivity contribution >= 4 is 0 Å². The third-order valence-electron chi connectivity index (χ3n) is 5.13. The van der Waals surface area contributed by atoms with Gasteiger partial charge in [-0.25, -0.2) is 4.39 Å². The summed E-state index contributed by atoms with van der Waals surface area (Å²) in [5.41, 5.74) is 0.724. The normalized spacial score (nSPS) is 34.2. The Morgan fingerprint density at radius 2 is 2.26 bits per heavy atom. The number of nitriles is 1. The summed E-state index contributed by atoms with van der Waals surface area (Å²) in [5, 5.41) is 20.3. The Kier molecular flexibility index (Phi) is 2.87. The lowest BCUT2D eigenvalue weighted by Gasteiger charge is -2.36. The molecule has 100 valence electrons. The van der Waals surface area contributed by atoms with Gasteiger partial charge in [-0.3, -0.25) is 0 Å². The molecule has 2 bridgehead atoms. The van der Waals surface area contributed by atoms with Gasteiger partial charge in [0.1, 0.15) is 5.82 Å². The van der Waals surface area contributed by atoms with Crippen molar-refractivity contribution in [1.82, 2.24) is 0 Å². The maximum Gasteiger partial charge on any atom is 0.123 e. The third kappa shape index (κ3) is 1.78. The van der Waals surface area contributed by atoms with Crippen LogP contribution >= 0.6 is 0 Å². The molecule has 3 rings (SSSR count). The van der Waals surface area contributed by atoms with Crippen molar-refractivity contribution in [2.24, 2.45) is 17.3 Å². The average Bonchev–Trinajstić information content (AvgIpc) is 3.01. The van der Waals surface area contributed by atoms with Crippen molar-refractivity contribution < 1.29 is 9.50 Å². The van der Waals surface area contributed by atoms with E-state index in [2.05, 4.69) is 6.07 Å². The summed E-state index contributed by atoms with van der Waals surface area (Å²) < 4.78 is 13.4. The molecule has 0 saturated heterocycles. The molecule has 0 spiro atoms. The molecular formula is C16H18FNO. The molecular weight excluding hydrogens is 241 g/mol. The van der Waals surface area contributed by atoms with Gasteiger partial charge in [-0.05, 0) is 61.3 Å². The van der Waals surface area contributed by atoms with Gasteiger partial charge in [-0.2, -0.15) is 5.26 Å². The molecule has 3 heteroatoms. The predicted octanol–water partition coefficient (Wildman–Crippen LogP) is 3.50. The van der Waals surface area contributed by atoms with Crippen LogP contribution in [0.5, 0.6) is 0 Å². The molecule has 1 aromatic carbocycles. The fourth-order valence-electron chi connectivity index (χ4n) is 4.09. The smallest absolute Gasteiger partial charge is 0.123 e. The summed E-state index contributed by atoms with van der Waals surface area (Å²) in [7, 11) is 0. The van der Waals surface area contributed by atoms with Crippen molar-refractivity contribution in [3.63, 3.8) is 0 Å². The molecule has 2 fully saturated rings. The SMILES string of the molecule is Cc1ccc(F)cc1C(O)C1(C#N)CC2CCC1C2. The number of benzene rings is 1. The number of aliphatic hydroxyl groups is 1. The predicted molar refractivity (Wildman–Crippen MR) is 69.6 cm³/mol. The number of halogens is 1. The minimum Gasteiger partial charge on any atom is -0.387 e. The first-order valence-corrected chi connectivity index (χ1v) is 6.92. The van der Waals surface area contributed by atoms with E-state index in [1.54, 1.807) is 6.07 Å². The van der Waals surface area contributed by atoms with Crippen LogP contribution < -0.4 is 0 Å². The highest BCUT2D eigenvalue weighted by molar-refractivity contribution is 5.33. The topological polar surface area (TPSA) is 44.0 Å². The molecule has 0 aromatic heterocycles. The van der Waals surface area contributed by atoms with Crippen LogP contribution in [0.3, 0.4) is 0 Å². The first-order chi connectivity index (χ1) is 9.06. The van der Waals surface area contributed by atoms with E-state index in [1.165, 1.54) is 18.6 Å². The summed E-state index contributed by atoms with van der Waals surface area (Å²) in [6.45, 7) is 1.86. The van der Waals surface area contributed by atoms with Crippen LogP contribution in [0.4, 0.5) is 4.39 Å². The van der Waals surface area contributed by atoms with Crippen LogP contribution in [-0.2, 0) is 0 Å². The molecule has 0 heterocycles. The Morgan fingerprint density at radius 3 is 2.84 bits per heavy atom. The van der Waals surface area contributed by atoms with Crippen molar-refractivity contribution in [3.05, 3.63) is 35.1 Å². The number of nitrogens with zero attached hydrogens (tertiary/aromatic N) is 1. The van der Waals surface area contributed by atoms with E-state index in [0.717, 1.165) is 24.8 Å². The lowest BCUT2D eigenvalue weighted by Crippen LogP contribution is -2.33. The first-order valence-electron chi connectivity index (χ1n) is 6.92. The summed E-state index contributed by atoms with van der Waals surface area (Å²) in [6, 6.07) is 6.83. The van der Waals surface area contributed by atoms with Gasteiger partial charge < -0.3 is 5.11 Å². The van der Waals surface area contributed by atoms with Crippen LogP contribution in [0, 0.1) is 41.3 Å². The van der Waals surface area contributed by atoms with Gasteiger partial charge in [-0.1, -0.05) is 12.5 Å². The minimum atomic E-state index is -0.872. The summed E-state index contributed by atoms with van der Waals surface area (Å²) in [4.78, 5) is 0. The quantitative estimate of drug-likeness (QED) is 0.883. The summed E-state index contributed by atoms with van der Waals surface area (Å²) in [6.07, 6.45) is 3.11. The van der Waals surface area contributed by atoms with Crippen molar-refractivity contribution in [1.29, 1.82) is 5.26 Å². The monoisotopic (exact) mass is 259 g/mol. The highest BCUT2D eigenvalue weighted by Gasteiger charge is 2.55. The van der Waals surface area contributed by atoms with Crippen molar-refractivity contribution in [3.8, 4) is 6.07 Å². The fourth-order valence-corrected chi connectivity index (χ4v) is 4.09. The van der Waals surface area contributed by atoms with E-state index in [1.807, 2.05) is 6.92 Å². The molecule has 2 aliphatic rings. The van der Waals surface area contributed by atoms with Crippen LogP contribution in [-0.4, -0.2) is 5.11 Å². The number of hydrogen-bond donors (Lipinski definition) is 1. The number of rotatable bonds is 2. The molecule has 4 atom stereocenters. The summed E-state index contributed by atoms with van der Waals surface area (Å²) >= 11 is 0. The van der Waals surface area contributed by atoms with Crippen LogP contribution in [0.2, 0.25) is 0 Å². The van der Waals surface area contributed by atoms with E-state index >= 15 is 0 Å². The zero-order valence-corrected chi connectivity index (χ0v) is 11.1. The van der Waals surface area contributed by atoms with Gasteiger partial charge in [0.25, 0.3) is 0 Å². The van der Waals surface area contributed by atoms with E-state index < -0.39 is 11.5 Å². The molecule has 1 aromatic rings. The molecule has 1 N–H and O–H groups in total. The minimum absolute atomic E-state index is 0.264. The van der Waals surface area contributed by atoms with Crippen LogP contribution in [0.25, 0.3) is 0 Å². The number of fused-ring (bicyclic) bond motifs is 2. The average molecular weight is 259 g/mol. The standard InChI is InChI=1S/C16H18FNO/c1-10-2-5-13(17)7-14(10)15(19)16(9-18)8-11-3-4-12(16)6-11/h2,5,7,11-12,15,19H,3-4,6,8H2,1H3. The third-order valence-corrected chi connectivity index (χ3v) is 5.13. The summed E-state index contributed by atoms with van der Waals surface area (Å²) in [5.74, 6) is 0.476. The number of hydrogen-bond acceptors (Lipinski definition) is 2.